The molecule has 5 nitrogen and oxygen atoms in total. The van der Waals surface area contributed by atoms with E-state index < -0.39 is 0 Å². The smallest absolute Gasteiger partial charge is 0.407 e. The summed E-state index contributed by atoms with van der Waals surface area (Å²) in [6.07, 6.45) is 19.2. The fraction of sp³-hybridized carbons (Fsp3) is 0.750. The Kier molecular flexibility index (Phi) is 7.37. The first kappa shape index (κ1) is 26.6. The quantitative estimate of drug-likeness (QED) is 0.402. The van der Waals surface area contributed by atoms with Gasteiger partial charge in [-0.05, 0) is 130 Å². The van der Waals surface area contributed by atoms with E-state index in [0.29, 0.717) is 18.4 Å². The Hall–Kier alpha value is -2.04. The summed E-state index contributed by atoms with van der Waals surface area (Å²) < 4.78 is 5.20. The number of nitrogens with one attached hydrogen (secondary N) is 2. The number of alkyl carbamates (subject to hydrolysis) is 1. The molecular formula is C32H48N2O3. The molecule has 4 aliphatic carbocycles. The lowest BCUT2D eigenvalue weighted by Crippen LogP contribution is -2.57. The molecule has 1 aliphatic heterocycles. The van der Waals surface area contributed by atoms with Crippen molar-refractivity contribution < 1.29 is 14.3 Å². The predicted octanol–water partition coefficient (Wildman–Crippen LogP) is 6.77. The van der Waals surface area contributed by atoms with Gasteiger partial charge in [0.25, 0.3) is 0 Å². The zero-order valence-electron chi connectivity index (χ0n) is 23.6. The number of hydrogen-bond acceptors (Lipinski definition) is 4. The first-order valence-corrected chi connectivity index (χ1v) is 14.9. The maximum atomic E-state index is 12.3. The highest BCUT2D eigenvalue weighted by Crippen LogP contribution is 2.69. The molecule has 10 atom stereocenters. The molecule has 0 aromatic carbocycles. The van der Waals surface area contributed by atoms with E-state index in [1.807, 2.05) is 13.1 Å². The van der Waals surface area contributed by atoms with Crippen LogP contribution in [0.2, 0.25) is 0 Å². The van der Waals surface area contributed by atoms with E-state index in [2.05, 4.69) is 56.6 Å². The molecule has 0 saturated heterocycles. The molecule has 204 valence electrons. The summed E-state index contributed by atoms with van der Waals surface area (Å²) in [7, 11) is 0. The fourth-order valence-corrected chi connectivity index (χ4v) is 10.2. The van der Waals surface area contributed by atoms with Crippen LogP contribution in [0.3, 0.4) is 0 Å². The summed E-state index contributed by atoms with van der Waals surface area (Å²) in [5.74, 6) is 3.64. The zero-order chi connectivity index (χ0) is 26.4. The molecule has 1 amide bonds. The molecular weight excluding hydrogens is 460 g/mol. The van der Waals surface area contributed by atoms with Crippen molar-refractivity contribution in [3.63, 3.8) is 0 Å². The highest BCUT2D eigenvalue weighted by molar-refractivity contribution is 5.67. The molecule has 0 spiro atoms. The van der Waals surface area contributed by atoms with Crippen LogP contribution in [0.4, 0.5) is 4.79 Å². The Balaban J connectivity index is 1.38. The molecule has 2 N–H and O–H groups in total. The van der Waals surface area contributed by atoms with Crippen LogP contribution >= 0.6 is 0 Å². The molecule has 5 heteroatoms. The van der Waals surface area contributed by atoms with Gasteiger partial charge in [0.1, 0.15) is 6.29 Å². The van der Waals surface area contributed by atoms with Gasteiger partial charge in [0.05, 0.1) is 6.61 Å². The Morgan fingerprint density at radius 3 is 2.59 bits per heavy atom. The molecule has 0 bridgehead atoms. The van der Waals surface area contributed by atoms with Crippen LogP contribution < -0.4 is 10.6 Å². The Morgan fingerprint density at radius 1 is 1.11 bits per heavy atom. The van der Waals surface area contributed by atoms with Gasteiger partial charge in [-0.3, -0.25) is 0 Å². The average molecular weight is 509 g/mol. The summed E-state index contributed by atoms with van der Waals surface area (Å²) >= 11 is 0. The maximum Gasteiger partial charge on any atom is 0.407 e. The topological polar surface area (TPSA) is 67.4 Å². The monoisotopic (exact) mass is 508 g/mol. The van der Waals surface area contributed by atoms with E-state index in [1.54, 1.807) is 0 Å². The highest BCUT2D eigenvalue weighted by atomic mass is 16.5. The predicted molar refractivity (Wildman–Crippen MR) is 147 cm³/mol. The van der Waals surface area contributed by atoms with Gasteiger partial charge in [-0.15, -0.1) is 0 Å². The van der Waals surface area contributed by atoms with Crippen molar-refractivity contribution in [2.45, 2.75) is 92.0 Å². The van der Waals surface area contributed by atoms with Crippen LogP contribution in [-0.4, -0.2) is 25.0 Å². The van der Waals surface area contributed by atoms with Gasteiger partial charge >= 0.3 is 6.09 Å². The third kappa shape index (κ3) is 4.48. The second-order valence-electron chi connectivity index (χ2n) is 13.3. The van der Waals surface area contributed by atoms with Crippen molar-refractivity contribution in [3.8, 4) is 0 Å². The summed E-state index contributed by atoms with van der Waals surface area (Å²) in [4.78, 5) is 24.5. The molecule has 37 heavy (non-hydrogen) atoms. The first-order chi connectivity index (χ1) is 17.7. The molecule has 1 heterocycles. The first-order valence-electron chi connectivity index (χ1n) is 14.9. The fourth-order valence-electron chi connectivity index (χ4n) is 10.2. The van der Waals surface area contributed by atoms with Gasteiger partial charge in [-0.25, -0.2) is 4.79 Å². The average Bonchev–Trinajstić information content (AvgIpc) is 3.08. The van der Waals surface area contributed by atoms with Crippen LogP contribution in [0.5, 0.6) is 0 Å². The summed E-state index contributed by atoms with van der Waals surface area (Å²) in [5.41, 5.74) is 3.05. The summed E-state index contributed by atoms with van der Waals surface area (Å²) in [5, 5.41) is 6.73. The largest absolute Gasteiger partial charge is 0.450 e. The van der Waals surface area contributed by atoms with Crippen molar-refractivity contribution in [1.29, 1.82) is 0 Å². The van der Waals surface area contributed by atoms with Gasteiger partial charge in [0, 0.05) is 29.8 Å². The molecule has 5 rings (SSSR count). The van der Waals surface area contributed by atoms with E-state index in [-0.39, 0.29) is 34.8 Å². The lowest BCUT2D eigenvalue weighted by molar-refractivity contribution is -0.140. The summed E-state index contributed by atoms with van der Waals surface area (Å²) in [6, 6.07) is 0.141. The number of carbonyl (C=O) groups excluding carboxylic acids is 2. The van der Waals surface area contributed by atoms with Crippen molar-refractivity contribution in [1.82, 2.24) is 10.6 Å². The van der Waals surface area contributed by atoms with E-state index in [4.69, 9.17) is 4.74 Å². The molecule has 4 saturated carbocycles. The molecule has 4 fully saturated rings. The van der Waals surface area contributed by atoms with Crippen molar-refractivity contribution >= 4 is 12.4 Å². The normalized spacial score (nSPS) is 43.5. The number of fused-ring (bicyclic) bond motifs is 5. The zero-order valence-corrected chi connectivity index (χ0v) is 23.6. The minimum atomic E-state index is -0.275. The van der Waals surface area contributed by atoms with Crippen molar-refractivity contribution in [2.24, 2.45) is 52.3 Å². The van der Waals surface area contributed by atoms with Gasteiger partial charge in [-0.1, -0.05) is 19.9 Å². The number of rotatable bonds is 5. The second kappa shape index (κ2) is 10.3. The van der Waals surface area contributed by atoms with E-state index >= 15 is 0 Å². The van der Waals surface area contributed by atoms with Gasteiger partial charge in [0.2, 0.25) is 0 Å². The van der Waals surface area contributed by atoms with E-state index in [9.17, 15) is 9.59 Å². The third-order valence-electron chi connectivity index (χ3n) is 11.8. The minimum absolute atomic E-state index is 0.104. The van der Waals surface area contributed by atoms with Crippen LogP contribution in [-0.2, 0) is 9.53 Å². The lowest BCUT2D eigenvalue weighted by Gasteiger charge is -2.63. The number of ether oxygens (including phenoxy) is 1. The number of carbonyl (C=O) groups is 2. The van der Waals surface area contributed by atoms with E-state index in [0.717, 1.165) is 24.2 Å². The Bertz CT molecular complexity index is 985. The van der Waals surface area contributed by atoms with Gasteiger partial charge < -0.3 is 20.2 Å². The number of hydrogen-bond donors (Lipinski definition) is 2. The van der Waals surface area contributed by atoms with Crippen LogP contribution in [0.15, 0.2) is 35.7 Å². The van der Waals surface area contributed by atoms with Crippen LogP contribution in [0.25, 0.3) is 0 Å². The molecule has 0 aromatic rings. The SMILES string of the molecule is CCOC(=O)NC(C)[C@H]1CC[C@H]2[C@@H]3CCC4C(C5=CC(C)=CC=CN5)C(C=O)CC[C@]4(C)[C@H]3CC[C@]12C. The number of allylic oxidation sites excluding steroid dienone is 5. The molecule has 0 radical (unpaired) electrons. The molecule has 0 aromatic heterocycles. The number of aldehydes is 1. The van der Waals surface area contributed by atoms with Gasteiger partial charge in [-0.2, -0.15) is 0 Å². The standard InChI is InChI=1S/C32H48N2O3/c1-6-37-30(36)34-21(3)24-11-12-25-23-9-10-27-29(28-18-20(2)8-7-17-33-28)22(19-35)13-15-32(27,5)26(23)14-16-31(24,25)4/h7-8,17-19,21-27,29,33H,6,9-16H2,1-5H3,(H,34,36)/t21?,22?,23-,24+,25-,26-,27?,29?,31+,32+/m0/s1. The van der Waals surface area contributed by atoms with Gasteiger partial charge in [0.15, 0.2) is 0 Å². The summed E-state index contributed by atoms with van der Waals surface area (Å²) in [6.45, 7) is 11.7. The van der Waals surface area contributed by atoms with E-state index in [1.165, 1.54) is 62.5 Å². The highest BCUT2D eigenvalue weighted by Gasteiger charge is 2.62. The molecule has 4 unspecified atom stereocenters. The third-order valence-corrected chi connectivity index (χ3v) is 11.8. The minimum Gasteiger partial charge on any atom is -0.450 e. The van der Waals surface area contributed by atoms with Crippen molar-refractivity contribution in [3.05, 3.63) is 35.7 Å². The number of amides is 1. The Morgan fingerprint density at radius 2 is 1.84 bits per heavy atom. The maximum absolute atomic E-state index is 12.3. The van der Waals surface area contributed by atoms with Crippen LogP contribution in [0.1, 0.15) is 86.0 Å². The van der Waals surface area contributed by atoms with Crippen LogP contribution in [0, 0.1) is 52.3 Å². The Labute approximate surface area is 223 Å². The van der Waals surface area contributed by atoms with Crippen molar-refractivity contribution in [2.75, 3.05) is 6.61 Å². The lowest BCUT2D eigenvalue weighted by atomic mass is 9.42. The second-order valence-corrected chi connectivity index (χ2v) is 13.3. The molecule has 5 aliphatic rings.